The molecule has 1 aromatic rings. The lowest BCUT2D eigenvalue weighted by Gasteiger charge is -1.63. The first kappa shape index (κ1) is 7.28. The Kier molecular flexibility index (Phi) is 4.04. The van der Waals surface area contributed by atoms with Gasteiger partial charge < -0.3 is 4.42 Å². The fourth-order valence-corrected chi connectivity index (χ4v) is 0.333. The Morgan fingerprint density at radius 3 is 2.12 bits per heavy atom. The van der Waals surface area contributed by atoms with E-state index in [4.69, 9.17) is 4.42 Å². The van der Waals surface area contributed by atoms with Crippen molar-refractivity contribution in [2.24, 2.45) is 0 Å². The minimum Gasteiger partial charge on any atom is -0.472 e. The van der Waals surface area contributed by atoms with Crippen molar-refractivity contribution in [3.8, 4) is 0 Å². The Morgan fingerprint density at radius 1 is 1.38 bits per heavy atom. The van der Waals surface area contributed by atoms with E-state index in [1.54, 1.807) is 12.5 Å². The molecule has 0 aliphatic heterocycles. The number of rotatable bonds is 0. The molecule has 0 aliphatic carbocycles. The largest absolute Gasteiger partial charge is 0.472 e. The van der Waals surface area contributed by atoms with Crippen molar-refractivity contribution in [2.75, 3.05) is 0 Å². The third-order valence-corrected chi connectivity index (χ3v) is 0.663. The van der Waals surface area contributed by atoms with Gasteiger partial charge in [-0.3, -0.25) is 0 Å². The molecule has 0 unspecified atom stereocenters. The van der Waals surface area contributed by atoms with E-state index in [-0.39, 0.29) is 0 Å². The second-order valence-corrected chi connectivity index (χ2v) is 1.30. The summed E-state index contributed by atoms with van der Waals surface area (Å²) in [6.07, 6.45) is 3.37. The first-order valence-corrected chi connectivity index (χ1v) is 2.88. The van der Waals surface area contributed by atoms with Crippen LogP contribution in [0.5, 0.6) is 0 Å². The second-order valence-electron chi connectivity index (χ2n) is 1.30. The Bertz CT molecular complexity index is 108. The van der Waals surface area contributed by atoms with Gasteiger partial charge in [0.05, 0.1) is 12.5 Å². The van der Waals surface area contributed by atoms with Gasteiger partial charge in [-0.25, -0.2) is 0 Å². The van der Waals surface area contributed by atoms with Crippen LogP contribution in [0.3, 0.4) is 0 Å². The predicted octanol–water partition coefficient (Wildman–Crippen LogP) is 2.61. The molecule has 0 N–H and O–H groups in total. The smallest absolute Gasteiger partial charge is 0.0931 e. The molecule has 1 heteroatoms. The van der Waals surface area contributed by atoms with Crippen molar-refractivity contribution in [1.29, 1.82) is 0 Å². The summed E-state index contributed by atoms with van der Waals surface area (Å²) in [7, 11) is 0. The third-order valence-electron chi connectivity index (χ3n) is 0.663. The Labute approximate surface area is 50.3 Å². The van der Waals surface area contributed by atoms with Crippen LogP contribution < -0.4 is 0 Å². The molecule has 0 atom stereocenters. The summed E-state index contributed by atoms with van der Waals surface area (Å²) in [6.45, 7) is 5.99. The maximum absolute atomic E-state index is 4.71. The molecular formula is C7H12O. The molecule has 0 amide bonds. The molecule has 46 valence electrons. The van der Waals surface area contributed by atoms with Gasteiger partial charge in [0.15, 0.2) is 0 Å². The average molecular weight is 112 g/mol. The van der Waals surface area contributed by atoms with E-state index in [9.17, 15) is 0 Å². The lowest BCUT2D eigenvalue weighted by molar-refractivity contribution is 0.565. The Balaban J connectivity index is 0.000000222. The van der Waals surface area contributed by atoms with Crippen molar-refractivity contribution in [1.82, 2.24) is 0 Å². The Morgan fingerprint density at radius 2 is 2.00 bits per heavy atom. The normalized spacial score (nSPS) is 7.38. The standard InChI is InChI=1S/C5H6O.C2H6/c1-5-2-3-6-4-5;1-2/h2-4H,1H3;1-2H3. The van der Waals surface area contributed by atoms with Gasteiger partial charge in [0.2, 0.25) is 0 Å². The topological polar surface area (TPSA) is 13.1 Å². The van der Waals surface area contributed by atoms with Gasteiger partial charge in [-0.15, -0.1) is 0 Å². The number of hydrogen-bond donors (Lipinski definition) is 0. The number of hydrogen-bond acceptors (Lipinski definition) is 1. The fraction of sp³-hybridized carbons (Fsp3) is 0.429. The maximum Gasteiger partial charge on any atom is 0.0931 e. The molecular weight excluding hydrogens is 100 g/mol. The lowest BCUT2D eigenvalue weighted by Crippen LogP contribution is -1.48. The fourth-order valence-electron chi connectivity index (χ4n) is 0.333. The van der Waals surface area contributed by atoms with E-state index < -0.39 is 0 Å². The van der Waals surface area contributed by atoms with Crippen molar-refractivity contribution in [3.63, 3.8) is 0 Å². The van der Waals surface area contributed by atoms with Gasteiger partial charge in [-0.2, -0.15) is 0 Å². The van der Waals surface area contributed by atoms with Crippen LogP contribution in [0.1, 0.15) is 19.4 Å². The molecule has 0 saturated carbocycles. The molecule has 0 bridgehead atoms. The van der Waals surface area contributed by atoms with Gasteiger partial charge in [-0.05, 0) is 18.6 Å². The summed E-state index contributed by atoms with van der Waals surface area (Å²) in [5.74, 6) is 0. The molecule has 0 radical (unpaired) electrons. The molecule has 0 saturated heterocycles. The van der Waals surface area contributed by atoms with Crippen LogP contribution in [0, 0.1) is 6.92 Å². The van der Waals surface area contributed by atoms with Crippen LogP contribution in [0.15, 0.2) is 23.0 Å². The van der Waals surface area contributed by atoms with E-state index in [1.807, 2.05) is 26.8 Å². The quantitative estimate of drug-likeness (QED) is 0.502. The monoisotopic (exact) mass is 112 g/mol. The van der Waals surface area contributed by atoms with Crippen LogP contribution in [0.2, 0.25) is 0 Å². The van der Waals surface area contributed by atoms with Crippen LogP contribution in [-0.2, 0) is 0 Å². The maximum atomic E-state index is 4.71. The van der Waals surface area contributed by atoms with E-state index in [2.05, 4.69) is 0 Å². The summed E-state index contributed by atoms with van der Waals surface area (Å²) < 4.78 is 4.71. The summed E-state index contributed by atoms with van der Waals surface area (Å²) in [5.41, 5.74) is 1.18. The lowest BCUT2D eigenvalue weighted by atomic mass is 10.4. The van der Waals surface area contributed by atoms with Gasteiger partial charge in [-0.1, -0.05) is 13.8 Å². The van der Waals surface area contributed by atoms with Crippen molar-refractivity contribution < 1.29 is 4.42 Å². The third kappa shape index (κ3) is 2.45. The molecule has 0 aliphatic rings. The van der Waals surface area contributed by atoms with Crippen molar-refractivity contribution in [2.45, 2.75) is 20.8 Å². The van der Waals surface area contributed by atoms with E-state index in [1.165, 1.54) is 5.56 Å². The second kappa shape index (κ2) is 4.44. The number of furan rings is 1. The van der Waals surface area contributed by atoms with Gasteiger partial charge in [0, 0.05) is 0 Å². The minimum atomic E-state index is 1.18. The Hall–Kier alpha value is -0.720. The highest BCUT2D eigenvalue weighted by atomic mass is 16.3. The van der Waals surface area contributed by atoms with Crippen LogP contribution >= 0.6 is 0 Å². The highest BCUT2D eigenvalue weighted by molar-refractivity contribution is 5.00. The van der Waals surface area contributed by atoms with Crippen LogP contribution in [-0.4, -0.2) is 0 Å². The predicted molar refractivity (Wildman–Crippen MR) is 34.8 cm³/mol. The molecule has 0 spiro atoms. The summed E-state index contributed by atoms with van der Waals surface area (Å²) in [4.78, 5) is 0. The molecule has 8 heavy (non-hydrogen) atoms. The summed E-state index contributed by atoms with van der Waals surface area (Å²) in [5, 5.41) is 0. The highest BCUT2D eigenvalue weighted by Crippen LogP contribution is 1.93. The van der Waals surface area contributed by atoms with E-state index in [0.717, 1.165) is 0 Å². The van der Waals surface area contributed by atoms with Gasteiger partial charge in [0.1, 0.15) is 0 Å². The van der Waals surface area contributed by atoms with Crippen molar-refractivity contribution >= 4 is 0 Å². The SMILES string of the molecule is CC.Cc1ccoc1. The summed E-state index contributed by atoms with van der Waals surface area (Å²) >= 11 is 0. The zero-order chi connectivity index (χ0) is 6.41. The van der Waals surface area contributed by atoms with Crippen LogP contribution in [0.4, 0.5) is 0 Å². The molecule has 1 rings (SSSR count). The number of aryl methyl sites for hydroxylation is 1. The first-order valence-electron chi connectivity index (χ1n) is 2.88. The highest BCUT2D eigenvalue weighted by Gasteiger charge is 1.75. The van der Waals surface area contributed by atoms with Gasteiger partial charge >= 0.3 is 0 Å². The van der Waals surface area contributed by atoms with E-state index >= 15 is 0 Å². The van der Waals surface area contributed by atoms with Crippen molar-refractivity contribution in [3.05, 3.63) is 24.2 Å². The van der Waals surface area contributed by atoms with E-state index in [0.29, 0.717) is 0 Å². The molecule has 0 aromatic carbocycles. The zero-order valence-electron chi connectivity index (χ0n) is 5.64. The van der Waals surface area contributed by atoms with Gasteiger partial charge in [0.25, 0.3) is 0 Å². The first-order chi connectivity index (χ1) is 3.89. The average Bonchev–Trinajstić information content (AvgIpc) is 2.24. The molecule has 1 heterocycles. The molecule has 1 nitrogen and oxygen atoms in total. The zero-order valence-corrected chi connectivity index (χ0v) is 5.64. The summed E-state index contributed by atoms with van der Waals surface area (Å²) in [6, 6.07) is 1.92. The minimum absolute atomic E-state index is 1.18. The molecule has 1 aromatic heterocycles. The molecule has 0 fully saturated rings. The van der Waals surface area contributed by atoms with Crippen LogP contribution in [0.25, 0.3) is 0 Å².